The molecule has 0 aliphatic carbocycles. The first-order valence-electron chi connectivity index (χ1n) is 8.00. The predicted molar refractivity (Wildman–Crippen MR) is 88.0 cm³/mol. The monoisotopic (exact) mass is 272 g/mol. The summed E-state index contributed by atoms with van der Waals surface area (Å²) in [4.78, 5) is 0. The number of nitrogens with zero attached hydrogens (tertiary/aromatic N) is 1. The molecule has 1 atom stereocenters. The van der Waals surface area contributed by atoms with Crippen molar-refractivity contribution in [3.8, 4) is 0 Å². The minimum absolute atomic E-state index is 0.804. The van der Waals surface area contributed by atoms with E-state index in [0.717, 1.165) is 19.0 Å². The zero-order valence-electron chi connectivity index (χ0n) is 13.2. The molecule has 0 aliphatic rings. The summed E-state index contributed by atoms with van der Waals surface area (Å²) in [5.74, 6) is 0.804. The normalized spacial score (nSPS) is 12.9. The fraction of sp³-hybridized carbons (Fsp3) is 0.556. The molecule has 0 aliphatic heterocycles. The summed E-state index contributed by atoms with van der Waals surface area (Å²) >= 11 is 0. The van der Waals surface area contributed by atoms with E-state index in [1.54, 1.807) is 0 Å². The van der Waals surface area contributed by atoms with Crippen LogP contribution < -0.4 is 5.32 Å². The van der Waals surface area contributed by atoms with Crippen LogP contribution in [-0.4, -0.2) is 11.6 Å². The molecule has 2 heteroatoms. The number of fused-ring (bicyclic) bond motifs is 1. The Morgan fingerprint density at radius 1 is 1.20 bits per heavy atom. The first-order chi connectivity index (χ1) is 9.78. The third kappa shape index (κ3) is 3.63. The lowest BCUT2D eigenvalue weighted by atomic mass is 9.99. The van der Waals surface area contributed by atoms with Crippen molar-refractivity contribution >= 4 is 10.9 Å². The zero-order valence-corrected chi connectivity index (χ0v) is 13.2. The Hall–Kier alpha value is -1.28. The van der Waals surface area contributed by atoms with Gasteiger partial charge in [0.05, 0.1) is 0 Å². The van der Waals surface area contributed by atoms with Crippen molar-refractivity contribution in [1.82, 2.24) is 9.88 Å². The van der Waals surface area contributed by atoms with Crippen LogP contribution in [0.3, 0.4) is 0 Å². The summed E-state index contributed by atoms with van der Waals surface area (Å²) in [6.07, 6.45) is 7.53. The van der Waals surface area contributed by atoms with E-state index in [1.165, 1.54) is 42.1 Å². The van der Waals surface area contributed by atoms with Gasteiger partial charge in [-0.25, -0.2) is 0 Å². The van der Waals surface area contributed by atoms with Gasteiger partial charge in [0.15, 0.2) is 0 Å². The maximum Gasteiger partial charge on any atom is 0.0483 e. The summed E-state index contributed by atoms with van der Waals surface area (Å²) < 4.78 is 2.44. The first-order valence-corrected chi connectivity index (χ1v) is 8.00. The summed E-state index contributed by atoms with van der Waals surface area (Å²) in [7, 11) is 2.00. The maximum atomic E-state index is 3.23. The molecule has 1 heterocycles. The Morgan fingerprint density at radius 2 is 2.05 bits per heavy atom. The lowest BCUT2D eigenvalue weighted by molar-refractivity contribution is 0.396. The molecule has 0 saturated carbocycles. The van der Waals surface area contributed by atoms with Gasteiger partial charge in [-0.1, -0.05) is 45.2 Å². The molecule has 0 saturated heterocycles. The van der Waals surface area contributed by atoms with Crippen molar-refractivity contribution in [1.29, 1.82) is 0 Å². The van der Waals surface area contributed by atoms with Gasteiger partial charge in [-0.15, -0.1) is 0 Å². The molecule has 0 amide bonds. The van der Waals surface area contributed by atoms with E-state index in [-0.39, 0.29) is 0 Å². The van der Waals surface area contributed by atoms with Crippen molar-refractivity contribution < 1.29 is 0 Å². The highest BCUT2D eigenvalue weighted by molar-refractivity contribution is 5.80. The van der Waals surface area contributed by atoms with Gasteiger partial charge in [-0.2, -0.15) is 0 Å². The Kier molecular flexibility index (Phi) is 5.66. The SMILES string of the molecule is CCCCC(CC)Cn1ccc2ccc(CNC)cc21. The Balaban J connectivity index is 2.18. The maximum absolute atomic E-state index is 3.23. The molecule has 1 unspecified atom stereocenters. The minimum atomic E-state index is 0.804. The molecule has 1 aromatic heterocycles. The van der Waals surface area contributed by atoms with Crippen molar-refractivity contribution in [2.24, 2.45) is 5.92 Å². The van der Waals surface area contributed by atoms with Crippen LogP contribution in [0.4, 0.5) is 0 Å². The van der Waals surface area contributed by atoms with E-state index in [4.69, 9.17) is 0 Å². The lowest BCUT2D eigenvalue weighted by Gasteiger charge is -2.16. The fourth-order valence-corrected chi connectivity index (χ4v) is 2.90. The molecule has 2 rings (SSSR count). The minimum Gasteiger partial charge on any atom is -0.347 e. The molecule has 1 aromatic carbocycles. The van der Waals surface area contributed by atoms with E-state index in [0.29, 0.717) is 0 Å². The van der Waals surface area contributed by atoms with Gasteiger partial charge in [0.25, 0.3) is 0 Å². The van der Waals surface area contributed by atoms with E-state index in [1.807, 2.05) is 7.05 Å². The van der Waals surface area contributed by atoms with Gasteiger partial charge >= 0.3 is 0 Å². The van der Waals surface area contributed by atoms with Gasteiger partial charge in [-0.3, -0.25) is 0 Å². The van der Waals surface area contributed by atoms with Crippen LogP contribution in [0, 0.1) is 5.92 Å². The average Bonchev–Trinajstić information content (AvgIpc) is 2.86. The van der Waals surface area contributed by atoms with Crippen molar-refractivity contribution in [2.75, 3.05) is 7.05 Å². The molecular formula is C18H28N2. The standard InChI is InChI=1S/C18H28N2/c1-4-6-7-15(5-2)14-20-11-10-17-9-8-16(13-19-3)12-18(17)20/h8-12,15,19H,4-7,13-14H2,1-3H3. The molecule has 0 bridgehead atoms. The highest BCUT2D eigenvalue weighted by atomic mass is 15.0. The number of unbranched alkanes of at least 4 members (excludes halogenated alkanes) is 1. The lowest BCUT2D eigenvalue weighted by Crippen LogP contribution is -2.10. The van der Waals surface area contributed by atoms with Crippen LogP contribution in [0.1, 0.15) is 45.1 Å². The summed E-state index contributed by atoms with van der Waals surface area (Å²) in [6.45, 7) is 6.69. The van der Waals surface area contributed by atoms with Crippen LogP contribution in [0.15, 0.2) is 30.5 Å². The summed E-state index contributed by atoms with van der Waals surface area (Å²) in [5.41, 5.74) is 2.74. The third-order valence-corrected chi connectivity index (χ3v) is 4.22. The van der Waals surface area contributed by atoms with Gasteiger partial charge in [0.1, 0.15) is 0 Å². The van der Waals surface area contributed by atoms with Gasteiger partial charge < -0.3 is 9.88 Å². The highest BCUT2D eigenvalue weighted by Gasteiger charge is 2.09. The largest absolute Gasteiger partial charge is 0.347 e. The van der Waals surface area contributed by atoms with Crippen molar-refractivity contribution in [3.05, 3.63) is 36.0 Å². The molecule has 1 N–H and O–H groups in total. The zero-order chi connectivity index (χ0) is 14.4. The number of rotatable bonds is 8. The van der Waals surface area contributed by atoms with Crippen LogP contribution in [-0.2, 0) is 13.1 Å². The number of hydrogen-bond acceptors (Lipinski definition) is 1. The van der Waals surface area contributed by atoms with Crippen LogP contribution in [0.25, 0.3) is 10.9 Å². The van der Waals surface area contributed by atoms with Gasteiger partial charge in [0.2, 0.25) is 0 Å². The highest BCUT2D eigenvalue weighted by Crippen LogP contribution is 2.22. The fourth-order valence-electron chi connectivity index (χ4n) is 2.90. The number of nitrogens with one attached hydrogen (secondary N) is 1. The van der Waals surface area contributed by atoms with Crippen molar-refractivity contribution in [3.63, 3.8) is 0 Å². The molecular weight excluding hydrogens is 244 g/mol. The second kappa shape index (κ2) is 7.49. The van der Waals surface area contributed by atoms with Gasteiger partial charge in [0, 0.05) is 24.8 Å². The number of hydrogen-bond donors (Lipinski definition) is 1. The summed E-state index contributed by atoms with van der Waals surface area (Å²) in [5, 5.41) is 4.59. The molecule has 110 valence electrons. The first kappa shape index (κ1) is 15.1. The van der Waals surface area contributed by atoms with Crippen molar-refractivity contribution in [2.45, 2.75) is 52.6 Å². The Labute approximate surface area is 123 Å². The molecule has 0 radical (unpaired) electrons. The van der Waals surface area contributed by atoms with Crippen LogP contribution in [0.2, 0.25) is 0 Å². The van der Waals surface area contributed by atoms with Crippen LogP contribution in [0.5, 0.6) is 0 Å². The Morgan fingerprint density at radius 3 is 2.75 bits per heavy atom. The smallest absolute Gasteiger partial charge is 0.0483 e. The quantitative estimate of drug-likeness (QED) is 0.744. The van der Waals surface area contributed by atoms with Crippen LogP contribution >= 0.6 is 0 Å². The predicted octanol–water partition coefficient (Wildman–Crippen LogP) is 4.58. The molecule has 0 fully saturated rings. The molecule has 0 spiro atoms. The second-order valence-electron chi connectivity index (χ2n) is 5.81. The van der Waals surface area contributed by atoms with E-state index < -0.39 is 0 Å². The van der Waals surface area contributed by atoms with E-state index in [9.17, 15) is 0 Å². The third-order valence-electron chi connectivity index (χ3n) is 4.22. The van der Waals surface area contributed by atoms with E-state index in [2.05, 4.69) is 54.2 Å². The average molecular weight is 272 g/mol. The number of aromatic nitrogens is 1. The molecule has 2 aromatic rings. The Bertz CT molecular complexity index is 527. The number of benzene rings is 1. The topological polar surface area (TPSA) is 17.0 Å². The summed E-state index contributed by atoms with van der Waals surface area (Å²) in [6, 6.07) is 9.03. The van der Waals surface area contributed by atoms with E-state index >= 15 is 0 Å². The second-order valence-corrected chi connectivity index (χ2v) is 5.81. The molecule has 20 heavy (non-hydrogen) atoms. The van der Waals surface area contributed by atoms with Gasteiger partial charge in [-0.05, 0) is 42.5 Å². The molecule has 2 nitrogen and oxygen atoms in total.